The van der Waals surface area contributed by atoms with Gasteiger partial charge < -0.3 is 19.8 Å². The van der Waals surface area contributed by atoms with Gasteiger partial charge in [-0.25, -0.2) is 0 Å². The number of Topliss-reactive ketones (excluding diaryl/α,β-unsaturated/α-hetero) is 1. The molecule has 3 atom stereocenters. The zero-order valence-electron chi connectivity index (χ0n) is 14.0. The minimum Gasteiger partial charge on any atom is -0.453 e. The third kappa shape index (κ3) is 2.99. The Kier molecular flexibility index (Phi) is 4.69. The highest BCUT2D eigenvalue weighted by molar-refractivity contribution is 7.99. The number of amides is 1. The fourth-order valence-electron chi connectivity index (χ4n) is 3.59. The molecule has 2 N–H and O–H groups in total. The van der Waals surface area contributed by atoms with Gasteiger partial charge in [-0.2, -0.15) is 0 Å². The predicted molar refractivity (Wildman–Crippen MR) is 98.7 cm³/mol. The SMILES string of the molecule is O=C(c1cc2ccccc2o1)C1CCN[C@H]1C(=O)N1CSC[C@H]1C=NO. The van der Waals surface area contributed by atoms with Crippen molar-refractivity contribution in [2.24, 2.45) is 11.1 Å². The quantitative estimate of drug-likeness (QED) is 0.368. The number of oxime groups is 1. The van der Waals surface area contributed by atoms with Crippen molar-refractivity contribution in [1.82, 2.24) is 10.2 Å². The largest absolute Gasteiger partial charge is 0.453 e. The summed E-state index contributed by atoms with van der Waals surface area (Å²) < 4.78 is 5.69. The Morgan fingerprint density at radius 2 is 2.23 bits per heavy atom. The van der Waals surface area contributed by atoms with Gasteiger partial charge in [0.1, 0.15) is 5.58 Å². The van der Waals surface area contributed by atoms with Crippen LogP contribution in [0.4, 0.5) is 0 Å². The summed E-state index contributed by atoms with van der Waals surface area (Å²) in [6.45, 7) is 0.604. The lowest BCUT2D eigenvalue weighted by molar-refractivity contribution is -0.133. The van der Waals surface area contributed by atoms with Gasteiger partial charge in [0.25, 0.3) is 0 Å². The van der Waals surface area contributed by atoms with Gasteiger partial charge in [-0.1, -0.05) is 23.4 Å². The minimum atomic E-state index is -0.580. The zero-order chi connectivity index (χ0) is 18.1. The minimum absolute atomic E-state index is 0.133. The number of carbonyl (C=O) groups excluding carboxylic acids is 2. The first kappa shape index (κ1) is 17.1. The molecule has 0 spiro atoms. The van der Waals surface area contributed by atoms with Gasteiger partial charge in [0.15, 0.2) is 5.76 Å². The molecule has 2 fully saturated rings. The van der Waals surface area contributed by atoms with Gasteiger partial charge in [-0.05, 0) is 25.1 Å². The highest BCUT2D eigenvalue weighted by atomic mass is 32.2. The van der Waals surface area contributed by atoms with Gasteiger partial charge in [-0.15, -0.1) is 11.8 Å². The van der Waals surface area contributed by atoms with Crippen molar-refractivity contribution in [2.45, 2.75) is 18.5 Å². The van der Waals surface area contributed by atoms with E-state index in [1.807, 2.05) is 24.3 Å². The number of thioether (sulfide) groups is 1. The summed E-state index contributed by atoms with van der Waals surface area (Å²) in [6.07, 6.45) is 1.95. The summed E-state index contributed by atoms with van der Waals surface area (Å²) in [5.41, 5.74) is 0.667. The van der Waals surface area contributed by atoms with Crippen molar-refractivity contribution in [3.8, 4) is 0 Å². The number of nitrogens with zero attached hydrogens (tertiary/aromatic N) is 2. The zero-order valence-corrected chi connectivity index (χ0v) is 14.8. The third-order valence-corrected chi connectivity index (χ3v) is 5.97. The molecule has 2 saturated heterocycles. The van der Waals surface area contributed by atoms with Crippen LogP contribution in [0.15, 0.2) is 39.9 Å². The van der Waals surface area contributed by atoms with Crippen LogP contribution in [-0.4, -0.2) is 58.3 Å². The van der Waals surface area contributed by atoms with E-state index in [0.717, 1.165) is 5.39 Å². The monoisotopic (exact) mass is 373 g/mol. The van der Waals surface area contributed by atoms with Crippen molar-refractivity contribution in [3.63, 3.8) is 0 Å². The standard InChI is InChI=1S/C18H19N3O4S/c22-17(15-7-11-3-1-2-4-14(11)25-15)13-5-6-19-16(13)18(23)21-10-26-9-12(21)8-20-24/h1-4,7-8,12-13,16,19,24H,5-6,9-10H2/t12-,13?,16-/m1/s1. The molecule has 0 radical (unpaired) electrons. The molecule has 1 amide bonds. The molecule has 0 aliphatic carbocycles. The van der Waals surface area contributed by atoms with Crippen LogP contribution in [0.1, 0.15) is 17.0 Å². The van der Waals surface area contributed by atoms with Crippen LogP contribution in [0.3, 0.4) is 0 Å². The lowest BCUT2D eigenvalue weighted by atomic mass is 9.93. The number of ketones is 1. The van der Waals surface area contributed by atoms with E-state index in [0.29, 0.717) is 35.9 Å². The van der Waals surface area contributed by atoms with Crippen LogP contribution >= 0.6 is 11.8 Å². The molecule has 8 heteroatoms. The second-order valence-corrected chi connectivity index (χ2v) is 7.48. The van der Waals surface area contributed by atoms with Crippen LogP contribution in [0, 0.1) is 5.92 Å². The summed E-state index contributed by atoms with van der Waals surface area (Å²) in [7, 11) is 0. The summed E-state index contributed by atoms with van der Waals surface area (Å²) >= 11 is 1.60. The number of benzene rings is 1. The predicted octanol–water partition coefficient (Wildman–Crippen LogP) is 1.96. The van der Waals surface area contributed by atoms with E-state index in [9.17, 15) is 9.59 Å². The van der Waals surface area contributed by atoms with E-state index in [4.69, 9.17) is 9.62 Å². The summed E-state index contributed by atoms with van der Waals surface area (Å²) in [4.78, 5) is 27.6. The van der Waals surface area contributed by atoms with Gasteiger partial charge in [0, 0.05) is 11.1 Å². The van der Waals surface area contributed by atoms with Crippen LogP contribution in [0.25, 0.3) is 11.0 Å². The first-order valence-electron chi connectivity index (χ1n) is 8.51. The van der Waals surface area contributed by atoms with Crippen LogP contribution < -0.4 is 5.32 Å². The number of fused-ring (bicyclic) bond motifs is 1. The number of para-hydroxylation sites is 1. The Balaban J connectivity index is 1.56. The molecule has 2 aliphatic rings. The second kappa shape index (κ2) is 7.13. The van der Waals surface area contributed by atoms with Crippen molar-refractivity contribution in [1.29, 1.82) is 0 Å². The highest BCUT2D eigenvalue weighted by Gasteiger charge is 2.43. The number of rotatable bonds is 4. The van der Waals surface area contributed by atoms with Crippen molar-refractivity contribution < 1.29 is 19.2 Å². The molecule has 26 heavy (non-hydrogen) atoms. The molecule has 136 valence electrons. The number of hydrogen-bond donors (Lipinski definition) is 2. The normalized spacial score (nSPS) is 26.2. The molecule has 1 aromatic heterocycles. The Hall–Kier alpha value is -2.32. The third-order valence-electron chi connectivity index (χ3n) is 4.93. The first-order valence-corrected chi connectivity index (χ1v) is 9.66. The smallest absolute Gasteiger partial charge is 0.241 e. The van der Waals surface area contributed by atoms with Crippen molar-refractivity contribution >= 4 is 40.6 Å². The number of furan rings is 1. The van der Waals surface area contributed by atoms with E-state index >= 15 is 0 Å². The maximum Gasteiger partial charge on any atom is 0.241 e. The number of carbonyl (C=O) groups is 2. The maximum absolute atomic E-state index is 13.0. The topological polar surface area (TPSA) is 95.1 Å². The van der Waals surface area contributed by atoms with Gasteiger partial charge in [0.2, 0.25) is 11.7 Å². The molecular formula is C18H19N3O4S. The first-order chi connectivity index (χ1) is 12.7. The van der Waals surface area contributed by atoms with E-state index in [-0.39, 0.29) is 17.7 Å². The van der Waals surface area contributed by atoms with Crippen LogP contribution in [0.5, 0.6) is 0 Å². The van der Waals surface area contributed by atoms with Gasteiger partial charge in [-0.3, -0.25) is 9.59 Å². The van der Waals surface area contributed by atoms with Crippen molar-refractivity contribution in [3.05, 3.63) is 36.1 Å². The molecule has 1 aromatic carbocycles. The lowest BCUT2D eigenvalue weighted by Crippen LogP contribution is -2.50. The Morgan fingerprint density at radius 1 is 1.38 bits per heavy atom. The summed E-state index contributed by atoms with van der Waals surface area (Å²) in [6, 6.07) is 8.38. The van der Waals surface area contributed by atoms with Crippen LogP contribution in [0.2, 0.25) is 0 Å². The average molecular weight is 373 g/mol. The van der Waals surface area contributed by atoms with Crippen molar-refractivity contribution in [2.75, 3.05) is 18.2 Å². The lowest BCUT2D eigenvalue weighted by Gasteiger charge is -2.26. The van der Waals surface area contributed by atoms with Gasteiger partial charge >= 0.3 is 0 Å². The Labute approximate surface area is 154 Å². The fourth-order valence-corrected chi connectivity index (χ4v) is 4.72. The Morgan fingerprint density at radius 3 is 3.04 bits per heavy atom. The average Bonchev–Trinajstić information content (AvgIpc) is 3.39. The molecule has 7 nitrogen and oxygen atoms in total. The highest BCUT2D eigenvalue weighted by Crippen LogP contribution is 2.29. The van der Waals surface area contributed by atoms with E-state index in [2.05, 4.69) is 10.5 Å². The molecule has 2 aromatic rings. The van der Waals surface area contributed by atoms with E-state index < -0.39 is 12.0 Å². The molecule has 0 saturated carbocycles. The fraction of sp³-hybridized carbons (Fsp3) is 0.389. The molecule has 3 heterocycles. The maximum atomic E-state index is 13.0. The summed E-state index contributed by atoms with van der Waals surface area (Å²) in [5.74, 6) is 0.766. The number of hydrogen-bond acceptors (Lipinski definition) is 7. The van der Waals surface area contributed by atoms with Crippen LogP contribution in [-0.2, 0) is 4.79 Å². The molecule has 2 aliphatic heterocycles. The molecular weight excluding hydrogens is 354 g/mol. The molecule has 1 unspecified atom stereocenters. The molecule has 4 rings (SSSR count). The Bertz CT molecular complexity index is 832. The van der Waals surface area contributed by atoms with E-state index in [1.165, 1.54) is 6.21 Å². The van der Waals surface area contributed by atoms with E-state index in [1.54, 1.807) is 22.7 Å². The number of nitrogens with one attached hydrogen (secondary N) is 1. The summed E-state index contributed by atoms with van der Waals surface area (Å²) in [5, 5.41) is 15.9. The molecule has 0 bridgehead atoms. The van der Waals surface area contributed by atoms with Gasteiger partial charge in [0.05, 0.1) is 30.1 Å². The second-order valence-electron chi connectivity index (χ2n) is 6.48.